The fourth-order valence-electron chi connectivity index (χ4n) is 3.49. The molecule has 3 aromatic rings. The van der Waals surface area contributed by atoms with E-state index in [0.717, 1.165) is 16.7 Å². The van der Waals surface area contributed by atoms with Crippen LogP contribution in [-0.4, -0.2) is 51.4 Å². The Labute approximate surface area is 197 Å². The van der Waals surface area contributed by atoms with Crippen molar-refractivity contribution in [3.05, 3.63) is 77.0 Å². The minimum Gasteiger partial charge on any atom is -0.454 e. The number of hydrogen-bond donors (Lipinski definition) is 1. The highest BCUT2D eigenvalue weighted by Gasteiger charge is 2.34. The normalized spacial score (nSPS) is 15.9. The third kappa shape index (κ3) is 4.25. The number of benzene rings is 2. The van der Waals surface area contributed by atoms with E-state index in [1.165, 1.54) is 41.4 Å². The second kappa shape index (κ2) is 9.02. The van der Waals surface area contributed by atoms with Crippen LogP contribution in [-0.2, 0) is 4.79 Å². The average molecular weight is 480 g/mol. The number of rotatable bonds is 6. The SMILES string of the molecule is O=C(NCCN1C(=O)S/C(=C\c2ccc3c(c2)OCO3)C1=O)c1cncn1-c1ccc(F)cc1. The number of carbonyl (C=O) groups is 3. The van der Waals surface area contributed by atoms with Crippen LogP contribution in [0.25, 0.3) is 11.8 Å². The van der Waals surface area contributed by atoms with Crippen molar-refractivity contribution in [3.63, 3.8) is 0 Å². The molecule has 5 rings (SSSR count). The van der Waals surface area contributed by atoms with E-state index < -0.39 is 17.1 Å². The third-order valence-corrected chi connectivity index (χ3v) is 6.07. The van der Waals surface area contributed by atoms with E-state index >= 15 is 0 Å². The Morgan fingerprint density at radius 2 is 1.94 bits per heavy atom. The van der Waals surface area contributed by atoms with Gasteiger partial charge in [-0.2, -0.15) is 0 Å². The van der Waals surface area contributed by atoms with Gasteiger partial charge >= 0.3 is 0 Å². The van der Waals surface area contributed by atoms with Gasteiger partial charge in [0.25, 0.3) is 17.1 Å². The molecule has 0 aliphatic carbocycles. The molecule has 3 heterocycles. The summed E-state index contributed by atoms with van der Waals surface area (Å²) in [4.78, 5) is 43.1. The van der Waals surface area contributed by atoms with E-state index in [-0.39, 0.29) is 36.3 Å². The number of aromatic nitrogens is 2. The van der Waals surface area contributed by atoms with E-state index in [1.807, 2.05) is 0 Å². The Balaban J connectivity index is 1.21. The number of nitrogens with zero attached hydrogens (tertiary/aromatic N) is 3. The number of halogens is 1. The van der Waals surface area contributed by atoms with Gasteiger partial charge in [-0.25, -0.2) is 9.37 Å². The predicted molar refractivity (Wildman–Crippen MR) is 121 cm³/mol. The number of hydrogen-bond acceptors (Lipinski definition) is 7. The molecule has 0 radical (unpaired) electrons. The number of thioether (sulfide) groups is 1. The number of imidazole rings is 1. The first kappa shape index (κ1) is 21.7. The molecular formula is C23H17FN4O5S. The summed E-state index contributed by atoms with van der Waals surface area (Å²) in [6.07, 6.45) is 4.44. The molecule has 9 nitrogen and oxygen atoms in total. The number of imide groups is 1. The van der Waals surface area contributed by atoms with Crippen molar-refractivity contribution in [3.8, 4) is 17.2 Å². The number of fused-ring (bicyclic) bond motifs is 1. The van der Waals surface area contributed by atoms with Crippen LogP contribution >= 0.6 is 11.8 Å². The second-order valence-electron chi connectivity index (χ2n) is 7.33. The fraction of sp³-hybridized carbons (Fsp3) is 0.130. The molecule has 0 bridgehead atoms. The van der Waals surface area contributed by atoms with Crippen molar-refractivity contribution in [2.75, 3.05) is 19.9 Å². The average Bonchev–Trinajstić information content (AvgIpc) is 3.55. The van der Waals surface area contributed by atoms with Gasteiger partial charge in [-0.1, -0.05) is 6.07 Å². The standard InChI is InChI=1S/C23H17FN4O5S/c24-15-2-4-16(5-3-15)28-12-25-11-17(28)21(29)26-7-8-27-22(30)20(34-23(27)31)10-14-1-6-18-19(9-14)33-13-32-18/h1-6,9-12H,7-8,13H2,(H,26,29)/b20-10-. The molecule has 0 unspecified atom stereocenters. The maximum absolute atomic E-state index is 13.2. The zero-order valence-corrected chi connectivity index (χ0v) is 18.4. The molecule has 3 amide bonds. The predicted octanol–water partition coefficient (Wildman–Crippen LogP) is 3.21. The van der Waals surface area contributed by atoms with Crippen LogP contribution in [0, 0.1) is 5.82 Å². The molecule has 11 heteroatoms. The molecule has 2 aromatic carbocycles. The first-order valence-corrected chi connectivity index (χ1v) is 11.0. The van der Waals surface area contributed by atoms with Crippen LogP contribution in [0.1, 0.15) is 16.1 Å². The minimum atomic E-state index is -0.440. The number of nitrogens with one attached hydrogen (secondary N) is 1. The molecule has 172 valence electrons. The zero-order chi connectivity index (χ0) is 23.7. The topological polar surface area (TPSA) is 103 Å². The largest absolute Gasteiger partial charge is 0.454 e. The molecule has 1 N–H and O–H groups in total. The summed E-state index contributed by atoms with van der Waals surface area (Å²) in [5.74, 6) is -0.0556. The lowest BCUT2D eigenvalue weighted by Crippen LogP contribution is -2.37. The Hall–Kier alpha value is -4.12. The molecule has 2 aliphatic rings. The lowest BCUT2D eigenvalue weighted by atomic mass is 10.2. The summed E-state index contributed by atoms with van der Waals surface area (Å²) in [6, 6.07) is 10.9. The van der Waals surface area contributed by atoms with Crippen molar-refractivity contribution in [2.24, 2.45) is 0 Å². The van der Waals surface area contributed by atoms with E-state index in [2.05, 4.69) is 10.3 Å². The van der Waals surface area contributed by atoms with Crippen molar-refractivity contribution in [1.82, 2.24) is 19.8 Å². The van der Waals surface area contributed by atoms with Gasteiger partial charge in [0, 0.05) is 18.8 Å². The molecule has 0 atom stereocenters. The molecular weight excluding hydrogens is 463 g/mol. The Morgan fingerprint density at radius 3 is 2.76 bits per heavy atom. The van der Waals surface area contributed by atoms with Crippen LogP contribution in [0.3, 0.4) is 0 Å². The first-order chi connectivity index (χ1) is 16.5. The summed E-state index contributed by atoms with van der Waals surface area (Å²) < 4.78 is 25.3. The summed E-state index contributed by atoms with van der Waals surface area (Å²) in [6.45, 7) is 0.216. The molecule has 2 aliphatic heterocycles. The summed E-state index contributed by atoms with van der Waals surface area (Å²) >= 11 is 0.836. The van der Waals surface area contributed by atoms with Crippen molar-refractivity contribution in [2.45, 2.75) is 0 Å². The molecule has 0 spiro atoms. The molecule has 1 fully saturated rings. The summed E-state index contributed by atoms with van der Waals surface area (Å²) in [7, 11) is 0. The monoisotopic (exact) mass is 480 g/mol. The van der Waals surface area contributed by atoms with Gasteiger partial charge in [0.1, 0.15) is 11.5 Å². The van der Waals surface area contributed by atoms with Crippen molar-refractivity contribution in [1.29, 1.82) is 0 Å². The van der Waals surface area contributed by atoms with E-state index in [4.69, 9.17) is 9.47 Å². The van der Waals surface area contributed by atoms with E-state index in [1.54, 1.807) is 24.3 Å². The quantitative estimate of drug-likeness (QED) is 0.541. The van der Waals surface area contributed by atoms with Crippen LogP contribution in [0.2, 0.25) is 0 Å². The van der Waals surface area contributed by atoms with Gasteiger partial charge in [0.2, 0.25) is 6.79 Å². The second-order valence-corrected chi connectivity index (χ2v) is 8.32. The number of amides is 3. The Kier molecular flexibility index (Phi) is 5.76. The first-order valence-electron chi connectivity index (χ1n) is 10.2. The lowest BCUT2D eigenvalue weighted by Gasteiger charge is -2.13. The highest BCUT2D eigenvalue weighted by Crippen LogP contribution is 2.36. The Bertz CT molecular complexity index is 1320. The highest BCUT2D eigenvalue weighted by atomic mass is 32.2. The molecule has 0 saturated carbocycles. The third-order valence-electron chi connectivity index (χ3n) is 5.16. The molecule has 34 heavy (non-hydrogen) atoms. The zero-order valence-electron chi connectivity index (χ0n) is 17.6. The van der Waals surface area contributed by atoms with Gasteiger partial charge in [-0.3, -0.25) is 23.9 Å². The maximum Gasteiger partial charge on any atom is 0.293 e. The van der Waals surface area contributed by atoms with Crippen LogP contribution in [0.5, 0.6) is 11.5 Å². The van der Waals surface area contributed by atoms with Gasteiger partial charge in [-0.05, 0) is 59.8 Å². The molecule has 1 saturated heterocycles. The highest BCUT2D eigenvalue weighted by molar-refractivity contribution is 8.18. The number of ether oxygens (including phenoxy) is 2. The van der Waals surface area contributed by atoms with Gasteiger partial charge in [0.15, 0.2) is 11.5 Å². The van der Waals surface area contributed by atoms with E-state index in [9.17, 15) is 18.8 Å². The van der Waals surface area contributed by atoms with Crippen LogP contribution in [0.15, 0.2) is 59.9 Å². The van der Waals surface area contributed by atoms with Crippen molar-refractivity contribution < 1.29 is 28.2 Å². The Morgan fingerprint density at radius 1 is 1.15 bits per heavy atom. The van der Waals surface area contributed by atoms with E-state index in [0.29, 0.717) is 22.7 Å². The fourth-order valence-corrected chi connectivity index (χ4v) is 4.35. The molecule has 1 aromatic heterocycles. The van der Waals surface area contributed by atoms with Gasteiger partial charge in [0.05, 0.1) is 17.4 Å². The minimum absolute atomic E-state index is 0.0135. The summed E-state index contributed by atoms with van der Waals surface area (Å²) in [5, 5.41) is 2.27. The smallest absolute Gasteiger partial charge is 0.293 e. The van der Waals surface area contributed by atoms with Crippen molar-refractivity contribution >= 4 is 34.9 Å². The maximum atomic E-state index is 13.2. The van der Waals surface area contributed by atoms with Crippen LogP contribution in [0.4, 0.5) is 9.18 Å². The van der Waals surface area contributed by atoms with Gasteiger partial charge in [-0.15, -0.1) is 0 Å². The summed E-state index contributed by atoms with van der Waals surface area (Å²) in [5.41, 5.74) is 1.52. The van der Waals surface area contributed by atoms with Crippen LogP contribution < -0.4 is 14.8 Å². The van der Waals surface area contributed by atoms with Gasteiger partial charge < -0.3 is 14.8 Å². The lowest BCUT2D eigenvalue weighted by molar-refractivity contribution is -0.122. The number of carbonyl (C=O) groups excluding carboxylic acids is 3.